The topological polar surface area (TPSA) is 87.3 Å². The van der Waals surface area contributed by atoms with Gasteiger partial charge in [-0.1, -0.05) is 34.6 Å². The van der Waals surface area contributed by atoms with Gasteiger partial charge in [0.05, 0.1) is 0 Å². The fourth-order valence-electron chi connectivity index (χ4n) is 8.02. The molecule has 4 aliphatic rings. The molecule has 3 aliphatic carbocycles. The van der Waals surface area contributed by atoms with Crippen molar-refractivity contribution in [3.05, 3.63) is 0 Å². The van der Waals surface area contributed by atoms with Crippen LogP contribution in [-0.2, 0) is 14.4 Å². The zero-order valence-electron chi connectivity index (χ0n) is 21.6. The quantitative estimate of drug-likeness (QED) is 0.598. The maximum absolute atomic E-state index is 13.4. The molecule has 4 rings (SSSR count). The van der Waals surface area contributed by atoms with Crippen molar-refractivity contribution >= 4 is 17.7 Å². The first-order chi connectivity index (χ1) is 15.3. The number of amides is 3. The van der Waals surface area contributed by atoms with Crippen LogP contribution in [0.1, 0.15) is 92.9 Å². The molecule has 0 aromatic rings. The summed E-state index contributed by atoms with van der Waals surface area (Å²) in [5, 5.41) is 9.32. The van der Waals surface area contributed by atoms with Gasteiger partial charge in [0.25, 0.3) is 0 Å². The lowest BCUT2D eigenvalue weighted by atomic mass is 9.47. The Morgan fingerprint density at radius 3 is 2.42 bits per heavy atom. The van der Waals surface area contributed by atoms with Gasteiger partial charge in [0.15, 0.2) is 0 Å². The van der Waals surface area contributed by atoms with Crippen molar-refractivity contribution < 1.29 is 14.4 Å². The molecule has 6 nitrogen and oxygen atoms in total. The number of rotatable bonds is 4. The average Bonchev–Trinajstić information content (AvgIpc) is 3.09. The fraction of sp³-hybridized carbons (Fsp3) is 0.889. The lowest BCUT2D eigenvalue weighted by molar-refractivity contribution is -0.142. The molecule has 0 spiro atoms. The molecule has 3 saturated carbocycles. The van der Waals surface area contributed by atoms with Gasteiger partial charge >= 0.3 is 0 Å². The molecule has 0 aromatic carbocycles. The van der Waals surface area contributed by atoms with E-state index in [1.165, 1.54) is 0 Å². The summed E-state index contributed by atoms with van der Waals surface area (Å²) in [5.41, 5.74) is 0.215. The number of piperidine rings is 1. The van der Waals surface area contributed by atoms with Gasteiger partial charge in [0, 0.05) is 24.9 Å². The minimum absolute atomic E-state index is 0.00790. The van der Waals surface area contributed by atoms with Gasteiger partial charge in [-0.15, -0.1) is 0 Å². The molecular formula is C27H45N3O3. The van der Waals surface area contributed by atoms with E-state index in [4.69, 9.17) is 0 Å². The van der Waals surface area contributed by atoms with E-state index in [0.29, 0.717) is 36.8 Å². The molecule has 1 aliphatic heterocycles. The molecular weight excluding hydrogens is 414 g/mol. The first-order valence-corrected chi connectivity index (χ1v) is 13.2. The van der Waals surface area contributed by atoms with Gasteiger partial charge < -0.3 is 16.0 Å². The summed E-state index contributed by atoms with van der Waals surface area (Å²) in [5.74, 6) is 2.00. The van der Waals surface area contributed by atoms with Crippen LogP contribution >= 0.6 is 0 Å². The fourth-order valence-corrected chi connectivity index (χ4v) is 8.02. The molecule has 0 radical (unpaired) electrons. The Morgan fingerprint density at radius 1 is 1.03 bits per heavy atom. The van der Waals surface area contributed by atoms with Crippen LogP contribution in [0.3, 0.4) is 0 Å². The normalized spacial score (nSPS) is 41.2. The Balaban J connectivity index is 1.42. The zero-order chi connectivity index (χ0) is 24.2. The van der Waals surface area contributed by atoms with Crippen LogP contribution in [-0.4, -0.2) is 36.3 Å². The van der Waals surface area contributed by atoms with Gasteiger partial charge in [-0.05, 0) is 85.9 Å². The van der Waals surface area contributed by atoms with E-state index in [-0.39, 0.29) is 39.9 Å². The first kappa shape index (κ1) is 24.5. The van der Waals surface area contributed by atoms with Gasteiger partial charge in [-0.25, -0.2) is 0 Å². The maximum Gasteiger partial charge on any atom is 0.242 e. The van der Waals surface area contributed by atoms with E-state index in [1.54, 1.807) is 6.92 Å². The van der Waals surface area contributed by atoms with E-state index in [0.717, 1.165) is 44.9 Å². The highest BCUT2D eigenvalue weighted by atomic mass is 16.2. The van der Waals surface area contributed by atoms with Crippen LogP contribution < -0.4 is 16.0 Å². The summed E-state index contributed by atoms with van der Waals surface area (Å²) in [6, 6.07) is -0.198. The van der Waals surface area contributed by atoms with Crippen molar-refractivity contribution in [3.8, 4) is 0 Å². The number of hydrogen-bond acceptors (Lipinski definition) is 3. The van der Waals surface area contributed by atoms with Crippen LogP contribution in [0.15, 0.2) is 0 Å². The highest BCUT2D eigenvalue weighted by molar-refractivity contribution is 5.88. The van der Waals surface area contributed by atoms with Crippen molar-refractivity contribution in [1.82, 2.24) is 16.0 Å². The SMILES string of the molecule is CC(NC(=O)[C@H]1CC[C@H]2[C@@H]3CC[C@H]4NC(=O)CC[C@]4(C)[C@H]3CC[C@]12C)C(=O)NCC(C)(C)C. The van der Waals surface area contributed by atoms with Crippen molar-refractivity contribution in [2.75, 3.05) is 6.54 Å². The lowest BCUT2D eigenvalue weighted by Crippen LogP contribution is -2.61. The molecule has 1 unspecified atom stereocenters. The van der Waals surface area contributed by atoms with Crippen molar-refractivity contribution in [1.29, 1.82) is 0 Å². The van der Waals surface area contributed by atoms with Gasteiger partial charge in [0.1, 0.15) is 6.04 Å². The first-order valence-electron chi connectivity index (χ1n) is 13.2. The number of hydrogen-bond donors (Lipinski definition) is 3. The molecule has 0 aromatic heterocycles. The summed E-state index contributed by atoms with van der Waals surface area (Å²) in [4.78, 5) is 37.9. The van der Waals surface area contributed by atoms with Crippen LogP contribution in [0, 0.1) is 39.9 Å². The molecule has 4 fully saturated rings. The summed E-state index contributed by atoms with van der Waals surface area (Å²) < 4.78 is 0. The minimum Gasteiger partial charge on any atom is -0.354 e. The van der Waals surface area contributed by atoms with Gasteiger partial charge in [-0.3, -0.25) is 14.4 Å². The predicted octanol–water partition coefficient (Wildman–Crippen LogP) is 3.79. The number of nitrogens with one attached hydrogen (secondary N) is 3. The lowest BCUT2D eigenvalue weighted by Gasteiger charge is -2.60. The number of carbonyl (C=O) groups excluding carboxylic acids is 3. The predicted molar refractivity (Wildman–Crippen MR) is 129 cm³/mol. The highest BCUT2D eigenvalue weighted by Gasteiger charge is 2.61. The van der Waals surface area contributed by atoms with Gasteiger partial charge in [-0.2, -0.15) is 0 Å². The second-order valence-corrected chi connectivity index (χ2v) is 13.3. The number of fused-ring (bicyclic) bond motifs is 5. The number of carbonyl (C=O) groups is 3. The van der Waals surface area contributed by atoms with E-state index in [9.17, 15) is 14.4 Å². The molecule has 3 N–H and O–H groups in total. The third kappa shape index (κ3) is 4.43. The molecule has 1 heterocycles. The molecule has 33 heavy (non-hydrogen) atoms. The smallest absolute Gasteiger partial charge is 0.242 e. The Kier molecular flexibility index (Phi) is 6.37. The molecule has 3 amide bonds. The summed E-state index contributed by atoms with van der Waals surface area (Å²) in [6.07, 6.45) is 8.11. The second kappa shape index (κ2) is 8.57. The molecule has 0 bridgehead atoms. The van der Waals surface area contributed by atoms with Crippen LogP contribution in [0.25, 0.3) is 0 Å². The Labute approximate surface area is 199 Å². The Hall–Kier alpha value is -1.59. The molecule has 8 atom stereocenters. The largest absolute Gasteiger partial charge is 0.354 e. The van der Waals surface area contributed by atoms with Crippen LogP contribution in [0.5, 0.6) is 0 Å². The zero-order valence-corrected chi connectivity index (χ0v) is 21.6. The second-order valence-electron chi connectivity index (χ2n) is 13.3. The molecule has 6 heteroatoms. The highest BCUT2D eigenvalue weighted by Crippen LogP contribution is 2.65. The summed E-state index contributed by atoms with van der Waals surface area (Å²) in [6.45, 7) is 13.4. The molecule has 186 valence electrons. The van der Waals surface area contributed by atoms with E-state index in [1.807, 2.05) is 0 Å². The minimum atomic E-state index is -0.515. The van der Waals surface area contributed by atoms with Crippen LogP contribution in [0.4, 0.5) is 0 Å². The Bertz CT molecular complexity index is 805. The summed E-state index contributed by atoms with van der Waals surface area (Å²) in [7, 11) is 0. The average molecular weight is 460 g/mol. The Morgan fingerprint density at radius 2 is 1.73 bits per heavy atom. The third-order valence-electron chi connectivity index (χ3n) is 9.96. The van der Waals surface area contributed by atoms with E-state index < -0.39 is 6.04 Å². The van der Waals surface area contributed by atoms with Crippen molar-refractivity contribution in [3.63, 3.8) is 0 Å². The maximum atomic E-state index is 13.4. The van der Waals surface area contributed by atoms with E-state index in [2.05, 4.69) is 50.6 Å². The standard InChI is InChI=1S/C27H45N3O3/c1-16(23(32)28-15-25(2,3)4)29-24(33)20-9-8-18-17-7-10-21-27(6,14-12-22(31)30-21)19(17)11-13-26(18,20)5/h16-21H,7-15H2,1-6H3,(H,28,32)(H,29,33)(H,30,31)/t16?,17-,18-,19-,20+,21+,26-,27+/m0/s1. The van der Waals surface area contributed by atoms with E-state index >= 15 is 0 Å². The third-order valence-corrected chi connectivity index (χ3v) is 9.96. The molecule has 1 saturated heterocycles. The monoisotopic (exact) mass is 459 g/mol. The summed E-state index contributed by atoms with van der Waals surface area (Å²) >= 11 is 0. The van der Waals surface area contributed by atoms with Crippen LogP contribution in [0.2, 0.25) is 0 Å². The van der Waals surface area contributed by atoms with Crippen molar-refractivity contribution in [2.24, 2.45) is 39.9 Å². The van der Waals surface area contributed by atoms with Crippen molar-refractivity contribution in [2.45, 2.75) is 105 Å². The van der Waals surface area contributed by atoms with Gasteiger partial charge in [0.2, 0.25) is 17.7 Å².